The lowest BCUT2D eigenvalue weighted by molar-refractivity contribution is 0.496. The van der Waals surface area contributed by atoms with Gasteiger partial charge in [-0.2, -0.15) is 0 Å². The molecule has 1 aromatic rings. The van der Waals surface area contributed by atoms with E-state index in [1.54, 1.807) is 0 Å². The van der Waals surface area contributed by atoms with Crippen LogP contribution in [0.5, 0.6) is 0 Å². The minimum atomic E-state index is 0.304. The largest absolute Gasteiger partial charge is 0.407 e. The summed E-state index contributed by atoms with van der Waals surface area (Å²) < 4.78 is 5.23. The number of aromatic nitrogens is 2. The second-order valence-corrected chi connectivity index (χ2v) is 3.74. The molecule has 14 heavy (non-hydrogen) atoms. The fraction of sp³-hybridized carbons (Fsp3) is 0.778. The normalized spacial score (nSPS) is 17.5. The highest BCUT2D eigenvalue weighted by atomic mass is 16.4. The molecule has 1 aliphatic carbocycles. The molecule has 0 aromatic carbocycles. The standard InChI is InChI=1S/C9H16N4O/c10-5-8-12-13-9(14-8)11-6-7-3-1-2-4-7/h7H,1-6,10H2,(H,11,13). The topological polar surface area (TPSA) is 77.0 Å². The van der Waals surface area contributed by atoms with Gasteiger partial charge in [0.2, 0.25) is 5.89 Å². The van der Waals surface area contributed by atoms with E-state index in [0.29, 0.717) is 18.5 Å². The molecular weight excluding hydrogens is 180 g/mol. The van der Waals surface area contributed by atoms with Crippen LogP contribution in [-0.4, -0.2) is 16.7 Å². The Morgan fingerprint density at radius 1 is 1.36 bits per heavy atom. The van der Waals surface area contributed by atoms with Crippen LogP contribution in [-0.2, 0) is 6.54 Å². The SMILES string of the molecule is NCc1nnc(NCC2CCCC2)o1. The van der Waals surface area contributed by atoms with Crippen LogP contribution in [0.3, 0.4) is 0 Å². The van der Waals surface area contributed by atoms with Crippen molar-refractivity contribution in [3.8, 4) is 0 Å². The van der Waals surface area contributed by atoms with E-state index < -0.39 is 0 Å². The average Bonchev–Trinajstić information content (AvgIpc) is 2.86. The number of nitrogens with two attached hydrogens (primary N) is 1. The quantitative estimate of drug-likeness (QED) is 0.754. The molecule has 0 saturated heterocycles. The summed E-state index contributed by atoms with van der Waals surface area (Å²) in [5, 5.41) is 10.8. The first-order valence-corrected chi connectivity index (χ1v) is 5.15. The first-order chi connectivity index (χ1) is 6.88. The highest BCUT2D eigenvalue weighted by molar-refractivity contribution is 5.16. The van der Waals surface area contributed by atoms with E-state index in [2.05, 4.69) is 15.5 Å². The molecule has 0 radical (unpaired) electrons. The Bertz CT molecular complexity index is 280. The molecule has 1 heterocycles. The van der Waals surface area contributed by atoms with E-state index in [4.69, 9.17) is 10.2 Å². The van der Waals surface area contributed by atoms with E-state index in [-0.39, 0.29) is 0 Å². The summed E-state index contributed by atoms with van der Waals surface area (Å²) in [6.07, 6.45) is 5.32. The Morgan fingerprint density at radius 2 is 2.14 bits per heavy atom. The lowest BCUT2D eigenvalue weighted by Crippen LogP contribution is -2.10. The zero-order chi connectivity index (χ0) is 9.80. The second kappa shape index (κ2) is 4.41. The number of hydrogen-bond acceptors (Lipinski definition) is 5. The Morgan fingerprint density at radius 3 is 2.79 bits per heavy atom. The molecule has 1 fully saturated rings. The van der Waals surface area contributed by atoms with Crippen LogP contribution >= 0.6 is 0 Å². The van der Waals surface area contributed by atoms with Crippen molar-refractivity contribution in [2.75, 3.05) is 11.9 Å². The van der Waals surface area contributed by atoms with Crippen molar-refractivity contribution in [3.63, 3.8) is 0 Å². The van der Waals surface area contributed by atoms with Crippen molar-refractivity contribution in [3.05, 3.63) is 5.89 Å². The van der Waals surface area contributed by atoms with E-state index >= 15 is 0 Å². The third-order valence-electron chi connectivity index (χ3n) is 2.66. The Balaban J connectivity index is 1.79. The molecule has 0 bridgehead atoms. The lowest BCUT2D eigenvalue weighted by Gasteiger charge is -2.07. The van der Waals surface area contributed by atoms with Gasteiger partial charge in [0.05, 0.1) is 6.54 Å². The predicted molar refractivity (Wildman–Crippen MR) is 52.6 cm³/mol. The van der Waals surface area contributed by atoms with Crippen LogP contribution < -0.4 is 11.1 Å². The smallest absolute Gasteiger partial charge is 0.315 e. The molecule has 0 spiro atoms. The van der Waals surface area contributed by atoms with Crippen molar-refractivity contribution in [1.29, 1.82) is 0 Å². The van der Waals surface area contributed by atoms with E-state index in [1.165, 1.54) is 25.7 Å². The lowest BCUT2D eigenvalue weighted by atomic mass is 10.1. The molecular formula is C9H16N4O. The van der Waals surface area contributed by atoms with Crippen LogP contribution in [0.1, 0.15) is 31.6 Å². The molecule has 0 atom stereocenters. The van der Waals surface area contributed by atoms with Gasteiger partial charge < -0.3 is 15.5 Å². The summed E-state index contributed by atoms with van der Waals surface area (Å²) in [4.78, 5) is 0. The predicted octanol–water partition coefficient (Wildman–Crippen LogP) is 1.13. The first kappa shape index (κ1) is 9.45. The van der Waals surface area contributed by atoms with Gasteiger partial charge in [0, 0.05) is 6.54 Å². The molecule has 2 rings (SSSR count). The minimum absolute atomic E-state index is 0.304. The van der Waals surface area contributed by atoms with Gasteiger partial charge >= 0.3 is 6.01 Å². The van der Waals surface area contributed by atoms with Crippen molar-refractivity contribution in [2.45, 2.75) is 32.2 Å². The summed E-state index contributed by atoms with van der Waals surface area (Å²) in [7, 11) is 0. The number of nitrogens with one attached hydrogen (secondary N) is 1. The minimum Gasteiger partial charge on any atom is -0.407 e. The molecule has 5 heteroatoms. The van der Waals surface area contributed by atoms with Gasteiger partial charge in [-0.25, -0.2) is 0 Å². The summed E-state index contributed by atoms with van der Waals surface area (Å²) in [5.41, 5.74) is 5.36. The van der Waals surface area contributed by atoms with Gasteiger partial charge in [-0.15, -0.1) is 5.10 Å². The third-order valence-corrected chi connectivity index (χ3v) is 2.66. The Hall–Kier alpha value is -1.10. The zero-order valence-electron chi connectivity index (χ0n) is 8.20. The Labute approximate surface area is 83.1 Å². The number of rotatable bonds is 4. The van der Waals surface area contributed by atoms with Crippen LogP contribution in [0.2, 0.25) is 0 Å². The van der Waals surface area contributed by atoms with Crippen LogP contribution in [0, 0.1) is 5.92 Å². The van der Waals surface area contributed by atoms with Crippen LogP contribution in [0.15, 0.2) is 4.42 Å². The van der Waals surface area contributed by atoms with Gasteiger partial charge in [0.25, 0.3) is 0 Å². The number of nitrogens with zero attached hydrogens (tertiary/aromatic N) is 2. The van der Waals surface area contributed by atoms with Crippen molar-refractivity contribution in [1.82, 2.24) is 10.2 Å². The third kappa shape index (κ3) is 2.23. The van der Waals surface area contributed by atoms with E-state index in [9.17, 15) is 0 Å². The second-order valence-electron chi connectivity index (χ2n) is 3.74. The molecule has 1 saturated carbocycles. The zero-order valence-corrected chi connectivity index (χ0v) is 8.20. The fourth-order valence-corrected chi connectivity index (χ4v) is 1.85. The average molecular weight is 196 g/mol. The summed E-state index contributed by atoms with van der Waals surface area (Å²) >= 11 is 0. The molecule has 5 nitrogen and oxygen atoms in total. The summed E-state index contributed by atoms with van der Waals surface area (Å²) in [6.45, 7) is 1.24. The van der Waals surface area contributed by atoms with Gasteiger partial charge in [0.1, 0.15) is 0 Å². The maximum atomic E-state index is 5.36. The highest BCUT2D eigenvalue weighted by Gasteiger charge is 2.15. The molecule has 0 unspecified atom stereocenters. The summed E-state index contributed by atoms with van der Waals surface area (Å²) in [6, 6.07) is 0.498. The van der Waals surface area contributed by atoms with Gasteiger partial charge in [-0.3, -0.25) is 0 Å². The molecule has 78 valence electrons. The van der Waals surface area contributed by atoms with Gasteiger partial charge in [-0.05, 0) is 18.8 Å². The first-order valence-electron chi connectivity index (χ1n) is 5.15. The van der Waals surface area contributed by atoms with Crippen LogP contribution in [0.4, 0.5) is 6.01 Å². The van der Waals surface area contributed by atoms with Crippen molar-refractivity contribution < 1.29 is 4.42 Å². The van der Waals surface area contributed by atoms with E-state index in [0.717, 1.165) is 12.5 Å². The fourth-order valence-electron chi connectivity index (χ4n) is 1.85. The van der Waals surface area contributed by atoms with Gasteiger partial charge in [-0.1, -0.05) is 17.9 Å². The number of anilines is 1. The van der Waals surface area contributed by atoms with Crippen molar-refractivity contribution >= 4 is 6.01 Å². The number of hydrogen-bond donors (Lipinski definition) is 2. The monoisotopic (exact) mass is 196 g/mol. The molecule has 3 N–H and O–H groups in total. The maximum Gasteiger partial charge on any atom is 0.315 e. The van der Waals surface area contributed by atoms with Gasteiger partial charge in [0.15, 0.2) is 0 Å². The molecule has 0 aliphatic heterocycles. The van der Waals surface area contributed by atoms with Crippen molar-refractivity contribution in [2.24, 2.45) is 11.7 Å². The summed E-state index contributed by atoms with van der Waals surface area (Å²) in [5.74, 6) is 1.25. The van der Waals surface area contributed by atoms with Crippen LogP contribution in [0.25, 0.3) is 0 Å². The highest BCUT2D eigenvalue weighted by Crippen LogP contribution is 2.24. The molecule has 1 aliphatic rings. The molecule has 1 aromatic heterocycles. The van der Waals surface area contributed by atoms with E-state index in [1.807, 2.05) is 0 Å². The maximum absolute atomic E-state index is 5.36. The Kier molecular flexibility index (Phi) is 2.98. The molecule has 0 amide bonds.